The molecule has 0 saturated carbocycles. The van der Waals surface area contributed by atoms with Crippen LogP contribution in [0.2, 0.25) is 10.0 Å². The van der Waals surface area contributed by atoms with E-state index in [4.69, 9.17) is 23.2 Å². The first-order valence-electron chi connectivity index (χ1n) is 6.02. The quantitative estimate of drug-likeness (QED) is 0.908. The fourth-order valence-electron chi connectivity index (χ4n) is 2.48. The number of aliphatic hydroxyl groups excluding tert-OH is 1. The second kappa shape index (κ2) is 6.05. The normalized spacial score (nSPS) is 18.5. The van der Waals surface area contributed by atoms with Crippen LogP contribution in [-0.4, -0.2) is 29.7 Å². The van der Waals surface area contributed by atoms with E-state index in [1.165, 1.54) is 12.8 Å². The molecule has 17 heavy (non-hydrogen) atoms. The van der Waals surface area contributed by atoms with Crippen molar-refractivity contribution in [1.29, 1.82) is 0 Å². The number of hydrogen-bond donors (Lipinski definition) is 1. The van der Waals surface area contributed by atoms with Gasteiger partial charge in [-0.05, 0) is 56.1 Å². The summed E-state index contributed by atoms with van der Waals surface area (Å²) in [4.78, 5) is 2.38. The fraction of sp³-hybridized carbons (Fsp3) is 0.538. The van der Waals surface area contributed by atoms with Crippen molar-refractivity contribution in [3.05, 3.63) is 33.8 Å². The van der Waals surface area contributed by atoms with E-state index >= 15 is 0 Å². The molecule has 0 radical (unpaired) electrons. The summed E-state index contributed by atoms with van der Waals surface area (Å²) in [6.07, 6.45) is 3.15. The summed E-state index contributed by atoms with van der Waals surface area (Å²) in [6, 6.07) is 5.74. The number of hydrogen-bond acceptors (Lipinski definition) is 2. The number of benzene rings is 1. The summed E-state index contributed by atoms with van der Waals surface area (Å²) in [5.74, 6) is 0. The maximum absolute atomic E-state index is 9.22. The lowest BCUT2D eigenvalue weighted by molar-refractivity contribution is 0.185. The minimum absolute atomic E-state index is 0.171. The molecule has 1 aliphatic rings. The molecule has 1 saturated heterocycles. The van der Waals surface area contributed by atoms with Gasteiger partial charge in [0.2, 0.25) is 0 Å². The van der Waals surface area contributed by atoms with E-state index in [9.17, 15) is 5.11 Å². The van der Waals surface area contributed by atoms with Gasteiger partial charge >= 0.3 is 0 Å². The van der Waals surface area contributed by atoms with Gasteiger partial charge in [-0.1, -0.05) is 23.2 Å². The van der Waals surface area contributed by atoms with Crippen LogP contribution in [-0.2, 0) is 0 Å². The highest BCUT2D eigenvalue weighted by molar-refractivity contribution is 6.33. The van der Waals surface area contributed by atoms with Crippen molar-refractivity contribution in [3.63, 3.8) is 0 Å². The largest absolute Gasteiger partial charge is 0.396 e. The lowest BCUT2D eigenvalue weighted by Crippen LogP contribution is -2.26. The Morgan fingerprint density at radius 3 is 2.59 bits per heavy atom. The van der Waals surface area contributed by atoms with Crippen molar-refractivity contribution in [1.82, 2.24) is 4.90 Å². The van der Waals surface area contributed by atoms with Gasteiger partial charge in [0, 0.05) is 22.7 Å². The zero-order valence-corrected chi connectivity index (χ0v) is 11.2. The smallest absolute Gasteiger partial charge is 0.0454 e. The second-order valence-corrected chi connectivity index (χ2v) is 5.28. The molecule has 0 amide bonds. The lowest BCUT2D eigenvalue weighted by Gasteiger charge is -2.28. The predicted molar refractivity (Wildman–Crippen MR) is 71.7 cm³/mol. The van der Waals surface area contributed by atoms with Crippen molar-refractivity contribution in [2.45, 2.75) is 25.3 Å². The molecule has 4 heteroatoms. The van der Waals surface area contributed by atoms with Crippen LogP contribution in [0.4, 0.5) is 0 Å². The highest BCUT2D eigenvalue weighted by atomic mass is 35.5. The van der Waals surface area contributed by atoms with Crippen LogP contribution in [0.1, 0.15) is 30.9 Å². The molecule has 0 bridgehead atoms. The summed E-state index contributed by atoms with van der Waals surface area (Å²) >= 11 is 12.3. The summed E-state index contributed by atoms with van der Waals surface area (Å²) in [7, 11) is 0. The first-order valence-corrected chi connectivity index (χ1v) is 6.78. The number of nitrogens with zero attached hydrogens (tertiary/aromatic N) is 1. The van der Waals surface area contributed by atoms with Gasteiger partial charge in [-0.25, -0.2) is 0 Å². The topological polar surface area (TPSA) is 23.5 Å². The first kappa shape index (κ1) is 13.2. The van der Waals surface area contributed by atoms with Gasteiger partial charge in [0.25, 0.3) is 0 Å². The molecule has 0 spiro atoms. The van der Waals surface area contributed by atoms with E-state index in [1.54, 1.807) is 6.07 Å². The second-order valence-electron chi connectivity index (χ2n) is 4.44. The van der Waals surface area contributed by atoms with Crippen LogP contribution in [0.3, 0.4) is 0 Å². The van der Waals surface area contributed by atoms with Crippen LogP contribution in [0.15, 0.2) is 18.2 Å². The SMILES string of the molecule is OCCC(c1cc(Cl)ccc1Cl)N1CCCC1. The molecule has 94 valence electrons. The van der Waals surface area contributed by atoms with E-state index in [1.807, 2.05) is 12.1 Å². The van der Waals surface area contributed by atoms with Gasteiger partial charge < -0.3 is 5.11 Å². The zero-order valence-electron chi connectivity index (χ0n) is 9.70. The highest BCUT2D eigenvalue weighted by Gasteiger charge is 2.24. The Morgan fingerprint density at radius 1 is 1.24 bits per heavy atom. The van der Waals surface area contributed by atoms with Crippen LogP contribution >= 0.6 is 23.2 Å². The highest BCUT2D eigenvalue weighted by Crippen LogP contribution is 2.34. The molecule has 1 unspecified atom stereocenters. The average Bonchev–Trinajstić information content (AvgIpc) is 2.83. The van der Waals surface area contributed by atoms with Crippen molar-refractivity contribution in [2.75, 3.05) is 19.7 Å². The first-order chi connectivity index (χ1) is 8.22. The predicted octanol–water partition coefficient (Wildman–Crippen LogP) is 3.51. The van der Waals surface area contributed by atoms with E-state index in [2.05, 4.69) is 4.90 Å². The van der Waals surface area contributed by atoms with Crippen molar-refractivity contribution >= 4 is 23.2 Å². The zero-order chi connectivity index (χ0) is 12.3. The Morgan fingerprint density at radius 2 is 1.94 bits per heavy atom. The molecular formula is C13H17Cl2NO. The van der Waals surface area contributed by atoms with Gasteiger partial charge in [-0.2, -0.15) is 0 Å². The van der Waals surface area contributed by atoms with Gasteiger partial charge in [0.15, 0.2) is 0 Å². The number of rotatable bonds is 4. The molecule has 1 aliphatic heterocycles. The summed E-state index contributed by atoms with van der Waals surface area (Å²) in [5, 5.41) is 10.7. The van der Waals surface area contributed by atoms with Crippen LogP contribution in [0, 0.1) is 0 Å². The summed E-state index contributed by atoms with van der Waals surface area (Å²) < 4.78 is 0. The Balaban J connectivity index is 2.27. The van der Waals surface area contributed by atoms with Crippen LogP contribution < -0.4 is 0 Å². The van der Waals surface area contributed by atoms with Crippen molar-refractivity contribution in [3.8, 4) is 0 Å². The van der Waals surface area contributed by atoms with Crippen molar-refractivity contribution < 1.29 is 5.11 Å². The van der Waals surface area contributed by atoms with Crippen LogP contribution in [0.5, 0.6) is 0 Å². The number of likely N-dealkylation sites (tertiary alicyclic amines) is 1. The van der Waals surface area contributed by atoms with E-state index in [0.29, 0.717) is 11.4 Å². The van der Waals surface area contributed by atoms with Crippen molar-refractivity contribution in [2.24, 2.45) is 0 Å². The van der Waals surface area contributed by atoms with Gasteiger partial charge in [-0.15, -0.1) is 0 Å². The Labute approximate surface area is 112 Å². The number of aliphatic hydroxyl groups is 1. The van der Waals surface area contributed by atoms with E-state index in [-0.39, 0.29) is 12.6 Å². The van der Waals surface area contributed by atoms with Gasteiger partial charge in [-0.3, -0.25) is 4.90 Å². The molecule has 1 atom stereocenters. The molecule has 0 aromatic heterocycles. The average molecular weight is 274 g/mol. The van der Waals surface area contributed by atoms with Crippen LogP contribution in [0.25, 0.3) is 0 Å². The third-order valence-corrected chi connectivity index (χ3v) is 3.88. The number of halogens is 2. The molecule has 1 N–H and O–H groups in total. The molecule has 1 aromatic carbocycles. The molecule has 1 heterocycles. The minimum atomic E-state index is 0.171. The molecule has 1 fully saturated rings. The lowest BCUT2D eigenvalue weighted by atomic mass is 10.0. The minimum Gasteiger partial charge on any atom is -0.396 e. The molecule has 1 aromatic rings. The van der Waals surface area contributed by atoms with E-state index < -0.39 is 0 Å². The van der Waals surface area contributed by atoms with Gasteiger partial charge in [0.05, 0.1) is 0 Å². The Kier molecular flexibility index (Phi) is 4.69. The molecular weight excluding hydrogens is 257 g/mol. The Bertz CT molecular complexity index is 378. The Hall–Kier alpha value is -0.280. The molecule has 2 rings (SSSR count). The summed E-state index contributed by atoms with van der Waals surface area (Å²) in [5.41, 5.74) is 1.04. The standard InChI is InChI=1S/C13H17Cl2NO/c14-10-3-4-12(15)11(9-10)13(5-8-17)16-6-1-2-7-16/h3-4,9,13,17H,1-2,5-8H2. The van der Waals surface area contributed by atoms with E-state index in [0.717, 1.165) is 23.7 Å². The maximum Gasteiger partial charge on any atom is 0.0454 e. The monoisotopic (exact) mass is 273 g/mol. The molecule has 2 nitrogen and oxygen atoms in total. The third-order valence-electron chi connectivity index (χ3n) is 3.30. The van der Waals surface area contributed by atoms with Gasteiger partial charge in [0.1, 0.15) is 0 Å². The summed E-state index contributed by atoms with van der Waals surface area (Å²) in [6.45, 7) is 2.32. The molecule has 0 aliphatic carbocycles. The maximum atomic E-state index is 9.22. The fourth-order valence-corrected chi connectivity index (χ4v) is 2.90. The third kappa shape index (κ3) is 3.14.